The van der Waals surface area contributed by atoms with E-state index < -0.39 is 0 Å². The van der Waals surface area contributed by atoms with Crippen molar-refractivity contribution in [2.45, 2.75) is 25.7 Å². The third kappa shape index (κ3) is 2.71. The average Bonchev–Trinajstić information content (AvgIpc) is 2.41. The van der Waals surface area contributed by atoms with Gasteiger partial charge in [0.05, 0.1) is 0 Å². The van der Waals surface area contributed by atoms with Crippen LogP contribution in [-0.4, -0.2) is 13.1 Å². The van der Waals surface area contributed by atoms with Gasteiger partial charge in [-0.15, -0.1) is 0 Å². The van der Waals surface area contributed by atoms with Crippen molar-refractivity contribution in [1.82, 2.24) is 5.32 Å². The molecule has 19 heavy (non-hydrogen) atoms. The molecule has 2 aromatic rings. The van der Waals surface area contributed by atoms with Crippen molar-refractivity contribution in [3.8, 4) is 0 Å². The summed E-state index contributed by atoms with van der Waals surface area (Å²) in [6.45, 7) is 4.38. The fourth-order valence-electron chi connectivity index (χ4n) is 2.93. The Morgan fingerprint density at radius 3 is 2.68 bits per heavy atom. The summed E-state index contributed by atoms with van der Waals surface area (Å²) < 4.78 is 0. The van der Waals surface area contributed by atoms with Gasteiger partial charge in [-0.25, -0.2) is 0 Å². The van der Waals surface area contributed by atoms with E-state index in [2.05, 4.69) is 60.8 Å². The number of aryl methyl sites for hydroxylation is 1. The van der Waals surface area contributed by atoms with Crippen molar-refractivity contribution in [3.63, 3.8) is 0 Å². The summed E-state index contributed by atoms with van der Waals surface area (Å²) in [4.78, 5) is 0. The summed E-state index contributed by atoms with van der Waals surface area (Å²) in [5.41, 5.74) is 5.95. The molecule has 1 heteroatoms. The molecule has 0 saturated heterocycles. The predicted molar refractivity (Wildman–Crippen MR) is 80.6 cm³/mol. The first-order valence-corrected chi connectivity index (χ1v) is 7.17. The number of rotatable bonds is 5. The Hall–Kier alpha value is -1.60. The van der Waals surface area contributed by atoms with Crippen LogP contribution >= 0.6 is 0 Å². The SMILES string of the molecule is Cc1ccccc1CCNCC1Cc2ccccc21. The zero-order valence-corrected chi connectivity index (χ0v) is 11.5. The van der Waals surface area contributed by atoms with E-state index in [9.17, 15) is 0 Å². The van der Waals surface area contributed by atoms with E-state index in [0.29, 0.717) is 0 Å². The van der Waals surface area contributed by atoms with E-state index in [-0.39, 0.29) is 0 Å². The van der Waals surface area contributed by atoms with Gasteiger partial charge in [-0.1, -0.05) is 48.5 Å². The molecule has 1 unspecified atom stereocenters. The largest absolute Gasteiger partial charge is 0.316 e. The van der Waals surface area contributed by atoms with Gasteiger partial charge < -0.3 is 5.32 Å². The Balaban J connectivity index is 1.45. The van der Waals surface area contributed by atoms with E-state index in [1.165, 1.54) is 23.1 Å². The molecule has 0 aliphatic heterocycles. The Kier molecular flexibility index (Phi) is 3.65. The van der Waals surface area contributed by atoms with Gasteiger partial charge in [-0.2, -0.15) is 0 Å². The second-order valence-corrected chi connectivity index (χ2v) is 5.48. The zero-order chi connectivity index (χ0) is 13.1. The van der Waals surface area contributed by atoms with E-state index in [0.717, 1.165) is 25.4 Å². The molecule has 3 rings (SSSR count). The molecule has 1 aliphatic carbocycles. The summed E-state index contributed by atoms with van der Waals surface area (Å²) in [6, 6.07) is 17.5. The number of hydrogen-bond acceptors (Lipinski definition) is 1. The lowest BCUT2D eigenvalue weighted by molar-refractivity contribution is 0.537. The van der Waals surface area contributed by atoms with Crippen LogP contribution < -0.4 is 5.32 Å². The van der Waals surface area contributed by atoms with Gasteiger partial charge in [0, 0.05) is 12.5 Å². The normalized spacial score (nSPS) is 16.8. The number of benzene rings is 2. The maximum atomic E-state index is 3.60. The van der Waals surface area contributed by atoms with Crippen LogP contribution in [0.1, 0.15) is 28.2 Å². The van der Waals surface area contributed by atoms with E-state index in [1.807, 2.05) is 0 Å². The Morgan fingerprint density at radius 2 is 1.84 bits per heavy atom. The van der Waals surface area contributed by atoms with Crippen molar-refractivity contribution in [2.75, 3.05) is 13.1 Å². The van der Waals surface area contributed by atoms with Crippen LogP contribution in [0.4, 0.5) is 0 Å². The smallest absolute Gasteiger partial charge is 0.00235 e. The Bertz CT molecular complexity index is 559. The lowest BCUT2D eigenvalue weighted by Crippen LogP contribution is -2.30. The summed E-state index contributed by atoms with van der Waals surface area (Å²) >= 11 is 0. The van der Waals surface area contributed by atoms with Gasteiger partial charge in [-0.3, -0.25) is 0 Å². The molecule has 0 spiro atoms. The molecular formula is C18H21N. The molecule has 0 fully saturated rings. The monoisotopic (exact) mass is 251 g/mol. The molecule has 1 N–H and O–H groups in total. The number of nitrogens with one attached hydrogen (secondary N) is 1. The number of fused-ring (bicyclic) bond motifs is 1. The van der Waals surface area contributed by atoms with Crippen molar-refractivity contribution < 1.29 is 0 Å². The summed E-state index contributed by atoms with van der Waals surface area (Å²) in [7, 11) is 0. The summed E-state index contributed by atoms with van der Waals surface area (Å²) in [5, 5.41) is 3.60. The second kappa shape index (κ2) is 5.58. The molecule has 1 aliphatic rings. The minimum absolute atomic E-state index is 0.730. The lowest BCUT2D eigenvalue weighted by Gasteiger charge is -2.30. The molecular weight excluding hydrogens is 230 g/mol. The summed E-state index contributed by atoms with van der Waals surface area (Å²) in [6.07, 6.45) is 2.37. The molecule has 0 aromatic heterocycles. The second-order valence-electron chi connectivity index (χ2n) is 5.48. The standard InChI is InChI=1S/C18H21N/c1-14-6-2-3-7-15(14)10-11-19-13-17-12-16-8-4-5-9-18(16)17/h2-9,17,19H,10-13H2,1H3. The van der Waals surface area contributed by atoms with Gasteiger partial charge in [0.25, 0.3) is 0 Å². The molecule has 1 nitrogen and oxygen atoms in total. The van der Waals surface area contributed by atoms with E-state index in [1.54, 1.807) is 5.56 Å². The molecule has 0 radical (unpaired) electrons. The molecule has 2 aromatic carbocycles. The van der Waals surface area contributed by atoms with E-state index >= 15 is 0 Å². The quantitative estimate of drug-likeness (QED) is 0.802. The topological polar surface area (TPSA) is 12.0 Å². The Morgan fingerprint density at radius 1 is 1.05 bits per heavy atom. The maximum Gasteiger partial charge on any atom is 0.00235 e. The van der Waals surface area contributed by atoms with Crippen molar-refractivity contribution in [2.24, 2.45) is 0 Å². The molecule has 1 atom stereocenters. The highest BCUT2D eigenvalue weighted by atomic mass is 14.9. The van der Waals surface area contributed by atoms with Crippen molar-refractivity contribution in [1.29, 1.82) is 0 Å². The van der Waals surface area contributed by atoms with Gasteiger partial charge in [0.1, 0.15) is 0 Å². The average molecular weight is 251 g/mol. The predicted octanol–water partition coefficient (Wildman–Crippen LogP) is 3.47. The third-order valence-electron chi connectivity index (χ3n) is 4.18. The fraction of sp³-hybridized carbons (Fsp3) is 0.333. The van der Waals surface area contributed by atoms with Gasteiger partial charge in [0.15, 0.2) is 0 Å². The van der Waals surface area contributed by atoms with E-state index in [4.69, 9.17) is 0 Å². The lowest BCUT2D eigenvalue weighted by atomic mass is 9.77. The van der Waals surface area contributed by atoms with Gasteiger partial charge in [-0.05, 0) is 48.6 Å². The third-order valence-corrected chi connectivity index (χ3v) is 4.18. The maximum absolute atomic E-state index is 3.60. The van der Waals surface area contributed by atoms with Crippen LogP contribution in [0.5, 0.6) is 0 Å². The van der Waals surface area contributed by atoms with Crippen LogP contribution in [0, 0.1) is 6.92 Å². The van der Waals surface area contributed by atoms with Crippen LogP contribution in [0.15, 0.2) is 48.5 Å². The first-order valence-electron chi connectivity index (χ1n) is 7.17. The van der Waals surface area contributed by atoms with Crippen LogP contribution in [-0.2, 0) is 12.8 Å². The highest BCUT2D eigenvalue weighted by molar-refractivity contribution is 5.40. The van der Waals surface area contributed by atoms with Crippen LogP contribution in [0.25, 0.3) is 0 Å². The van der Waals surface area contributed by atoms with Crippen molar-refractivity contribution >= 4 is 0 Å². The Labute approximate surface area is 115 Å². The van der Waals surface area contributed by atoms with Crippen molar-refractivity contribution in [3.05, 3.63) is 70.8 Å². The number of hydrogen-bond donors (Lipinski definition) is 1. The minimum Gasteiger partial charge on any atom is -0.316 e. The molecule has 0 amide bonds. The summed E-state index contributed by atoms with van der Waals surface area (Å²) in [5.74, 6) is 0.730. The van der Waals surface area contributed by atoms with Crippen LogP contribution in [0.3, 0.4) is 0 Å². The molecule has 0 bridgehead atoms. The minimum atomic E-state index is 0.730. The molecule has 0 saturated carbocycles. The highest BCUT2D eigenvalue weighted by Gasteiger charge is 2.24. The fourth-order valence-corrected chi connectivity index (χ4v) is 2.93. The molecule has 98 valence electrons. The first-order chi connectivity index (χ1) is 9.34. The van der Waals surface area contributed by atoms with Gasteiger partial charge >= 0.3 is 0 Å². The van der Waals surface area contributed by atoms with Gasteiger partial charge in [0.2, 0.25) is 0 Å². The molecule has 0 heterocycles. The first kappa shape index (κ1) is 12.4. The van der Waals surface area contributed by atoms with Crippen LogP contribution in [0.2, 0.25) is 0 Å². The zero-order valence-electron chi connectivity index (χ0n) is 11.5. The highest BCUT2D eigenvalue weighted by Crippen LogP contribution is 2.33.